The van der Waals surface area contributed by atoms with E-state index in [4.69, 9.17) is 10.2 Å². The van der Waals surface area contributed by atoms with Crippen LogP contribution in [0.3, 0.4) is 0 Å². The van der Waals surface area contributed by atoms with Crippen LogP contribution in [0, 0.1) is 0 Å². The Kier molecular flexibility index (Phi) is 3.20. The highest BCUT2D eigenvalue weighted by molar-refractivity contribution is 7.91. The number of carbonyl (C=O) groups is 1. The number of thiophene rings is 1. The van der Waals surface area contributed by atoms with Crippen LogP contribution in [0.4, 0.5) is 0 Å². The summed E-state index contributed by atoms with van der Waals surface area (Å²) in [7, 11) is -3.80. The fraction of sp³-hybridized carbons (Fsp3) is 0. The summed E-state index contributed by atoms with van der Waals surface area (Å²) in [4.78, 5) is 10.9. The maximum Gasteiger partial charge on any atom is 0.335 e. The molecule has 0 unspecified atom stereocenters. The Labute approximate surface area is 108 Å². The minimum atomic E-state index is -3.80. The molecule has 5 nitrogen and oxygen atoms in total. The average molecular weight is 283 g/mol. The fourth-order valence-electron chi connectivity index (χ4n) is 1.55. The van der Waals surface area contributed by atoms with Crippen LogP contribution in [0.2, 0.25) is 0 Å². The summed E-state index contributed by atoms with van der Waals surface area (Å²) in [5.74, 6) is -1.07. The number of aromatic carboxylic acids is 1. The second-order valence-electron chi connectivity index (χ2n) is 3.55. The molecule has 0 radical (unpaired) electrons. The van der Waals surface area contributed by atoms with E-state index in [-0.39, 0.29) is 9.77 Å². The molecule has 7 heteroatoms. The largest absolute Gasteiger partial charge is 0.478 e. The number of hydrogen-bond acceptors (Lipinski definition) is 4. The molecular formula is C11H9NO4S2. The van der Waals surface area contributed by atoms with Crippen molar-refractivity contribution in [2.45, 2.75) is 4.21 Å². The molecule has 0 aliphatic carbocycles. The molecule has 1 aromatic heterocycles. The van der Waals surface area contributed by atoms with E-state index >= 15 is 0 Å². The van der Waals surface area contributed by atoms with Gasteiger partial charge in [-0.15, -0.1) is 11.3 Å². The summed E-state index contributed by atoms with van der Waals surface area (Å²) in [5, 5.41) is 15.6. The van der Waals surface area contributed by atoms with E-state index < -0.39 is 16.0 Å². The summed E-state index contributed by atoms with van der Waals surface area (Å²) in [6.45, 7) is 0. The summed E-state index contributed by atoms with van der Waals surface area (Å²) >= 11 is 1.01. The van der Waals surface area contributed by atoms with Crippen molar-refractivity contribution in [3.63, 3.8) is 0 Å². The second kappa shape index (κ2) is 4.52. The number of benzene rings is 1. The molecule has 0 atom stereocenters. The first-order valence-corrected chi connectivity index (χ1v) is 7.26. The van der Waals surface area contributed by atoms with Crippen molar-refractivity contribution in [2.24, 2.45) is 5.14 Å². The van der Waals surface area contributed by atoms with Crippen molar-refractivity contribution in [1.82, 2.24) is 0 Å². The fourth-order valence-corrected chi connectivity index (χ4v) is 3.39. The molecule has 0 bridgehead atoms. The number of primary sulfonamides is 1. The lowest BCUT2D eigenvalue weighted by atomic mass is 10.1. The van der Waals surface area contributed by atoms with Crippen LogP contribution in [0.1, 0.15) is 10.4 Å². The van der Waals surface area contributed by atoms with Gasteiger partial charge in [-0.1, -0.05) is 12.1 Å². The zero-order valence-electron chi connectivity index (χ0n) is 9.03. The minimum absolute atomic E-state index is 0.0324. The van der Waals surface area contributed by atoms with Crippen molar-refractivity contribution < 1.29 is 18.3 Å². The van der Waals surface area contributed by atoms with Gasteiger partial charge >= 0.3 is 5.97 Å². The van der Waals surface area contributed by atoms with E-state index in [1.54, 1.807) is 23.6 Å². The van der Waals surface area contributed by atoms with E-state index in [9.17, 15) is 13.2 Å². The highest BCUT2D eigenvalue weighted by atomic mass is 32.2. The van der Waals surface area contributed by atoms with Gasteiger partial charge in [-0.2, -0.15) is 0 Å². The Morgan fingerprint density at radius 2 is 2.00 bits per heavy atom. The molecule has 2 aromatic rings. The first-order chi connectivity index (χ1) is 8.39. The minimum Gasteiger partial charge on any atom is -0.478 e. The van der Waals surface area contributed by atoms with Crippen LogP contribution < -0.4 is 5.14 Å². The van der Waals surface area contributed by atoms with Gasteiger partial charge in [0.15, 0.2) is 0 Å². The van der Waals surface area contributed by atoms with Crippen molar-refractivity contribution in [3.05, 3.63) is 41.3 Å². The molecule has 0 amide bonds. The van der Waals surface area contributed by atoms with Crippen molar-refractivity contribution in [1.29, 1.82) is 0 Å². The van der Waals surface area contributed by atoms with Gasteiger partial charge in [-0.25, -0.2) is 18.4 Å². The summed E-state index contributed by atoms with van der Waals surface area (Å²) in [6, 6.07) is 7.66. The van der Waals surface area contributed by atoms with Gasteiger partial charge < -0.3 is 5.11 Å². The highest BCUT2D eigenvalue weighted by Crippen LogP contribution is 2.31. The molecule has 1 heterocycles. The lowest BCUT2D eigenvalue weighted by Gasteiger charge is -2.03. The van der Waals surface area contributed by atoms with Gasteiger partial charge in [-0.3, -0.25) is 0 Å². The summed E-state index contributed by atoms with van der Waals surface area (Å²) < 4.78 is 22.8. The van der Waals surface area contributed by atoms with Crippen molar-refractivity contribution in [2.75, 3.05) is 0 Å². The Hall–Kier alpha value is -1.70. The van der Waals surface area contributed by atoms with E-state index in [0.717, 1.165) is 11.3 Å². The third-order valence-electron chi connectivity index (χ3n) is 2.31. The van der Waals surface area contributed by atoms with E-state index in [0.29, 0.717) is 11.1 Å². The number of carboxylic acid groups (broad SMARTS) is 1. The number of nitrogens with two attached hydrogens (primary N) is 1. The smallest absolute Gasteiger partial charge is 0.335 e. The SMILES string of the molecule is NS(=O)(=O)c1sccc1-c1cccc(C(=O)O)c1. The zero-order valence-corrected chi connectivity index (χ0v) is 10.7. The van der Waals surface area contributed by atoms with Gasteiger partial charge in [0, 0.05) is 5.56 Å². The first kappa shape index (κ1) is 12.7. The van der Waals surface area contributed by atoms with Gasteiger partial charge in [0.1, 0.15) is 4.21 Å². The van der Waals surface area contributed by atoms with Gasteiger partial charge in [0.05, 0.1) is 5.56 Å². The lowest BCUT2D eigenvalue weighted by Crippen LogP contribution is -2.11. The predicted molar refractivity (Wildman–Crippen MR) is 68.1 cm³/mol. The Balaban J connectivity index is 2.60. The standard InChI is InChI=1S/C11H9NO4S2/c12-18(15,16)11-9(4-5-17-11)7-2-1-3-8(6-7)10(13)14/h1-6H,(H,13,14)(H2,12,15,16). The second-order valence-corrected chi connectivity index (χ2v) is 6.23. The maximum absolute atomic E-state index is 11.4. The van der Waals surface area contributed by atoms with E-state index in [1.807, 2.05) is 0 Å². The van der Waals surface area contributed by atoms with Crippen LogP contribution >= 0.6 is 11.3 Å². The summed E-state index contributed by atoms with van der Waals surface area (Å²) in [5.41, 5.74) is 1.03. The monoisotopic (exact) mass is 283 g/mol. The summed E-state index contributed by atoms with van der Waals surface area (Å²) in [6.07, 6.45) is 0. The Morgan fingerprint density at radius 3 is 2.61 bits per heavy atom. The lowest BCUT2D eigenvalue weighted by molar-refractivity contribution is 0.0697. The molecule has 94 valence electrons. The number of carboxylic acids is 1. The maximum atomic E-state index is 11.4. The van der Waals surface area contributed by atoms with Crippen LogP contribution in [-0.4, -0.2) is 19.5 Å². The quantitative estimate of drug-likeness (QED) is 0.896. The number of rotatable bonds is 3. The third kappa shape index (κ3) is 2.42. The van der Waals surface area contributed by atoms with Crippen LogP contribution in [0.15, 0.2) is 39.9 Å². The predicted octanol–water partition coefficient (Wildman–Crippen LogP) is 1.76. The van der Waals surface area contributed by atoms with Crippen molar-refractivity contribution in [3.8, 4) is 11.1 Å². The topological polar surface area (TPSA) is 97.5 Å². The highest BCUT2D eigenvalue weighted by Gasteiger charge is 2.17. The molecule has 0 aliphatic heterocycles. The Bertz CT molecular complexity index is 703. The van der Waals surface area contributed by atoms with Crippen LogP contribution in [-0.2, 0) is 10.0 Å². The van der Waals surface area contributed by atoms with Gasteiger partial charge in [-0.05, 0) is 29.1 Å². The van der Waals surface area contributed by atoms with E-state index in [2.05, 4.69) is 0 Å². The molecular weight excluding hydrogens is 274 g/mol. The molecule has 18 heavy (non-hydrogen) atoms. The molecule has 0 saturated carbocycles. The third-order valence-corrected chi connectivity index (χ3v) is 4.74. The van der Waals surface area contributed by atoms with E-state index in [1.165, 1.54) is 12.1 Å². The van der Waals surface area contributed by atoms with Gasteiger partial charge in [0.2, 0.25) is 10.0 Å². The van der Waals surface area contributed by atoms with Crippen LogP contribution in [0.5, 0.6) is 0 Å². The molecule has 3 N–H and O–H groups in total. The first-order valence-electron chi connectivity index (χ1n) is 4.83. The van der Waals surface area contributed by atoms with Crippen molar-refractivity contribution >= 4 is 27.3 Å². The van der Waals surface area contributed by atoms with Crippen LogP contribution in [0.25, 0.3) is 11.1 Å². The molecule has 1 aromatic carbocycles. The molecule has 0 spiro atoms. The molecule has 0 saturated heterocycles. The average Bonchev–Trinajstić information content (AvgIpc) is 2.77. The Morgan fingerprint density at radius 1 is 1.28 bits per heavy atom. The number of hydrogen-bond donors (Lipinski definition) is 2. The zero-order chi connectivity index (χ0) is 13.3. The molecule has 0 fully saturated rings. The molecule has 2 rings (SSSR count). The normalized spacial score (nSPS) is 11.4. The van der Waals surface area contributed by atoms with Gasteiger partial charge in [0.25, 0.3) is 0 Å². The molecule has 0 aliphatic rings. The number of sulfonamides is 1.